The molecule has 0 aromatic heterocycles. The molecule has 0 amide bonds. The predicted molar refractivity (Wildman–Crippen MR) is 83.0 cm³/mol. The summed E-state index contributed by atoms with van der Waals surface area (Å²) >= 11 is 0. The van der Waals surface area contributed by atoms with Crippen LogP contribution in [0.1, 0.15) is 59.3 Å². The quantitative estimate of drug-likeness (QED) is 0.810. The van der Waals surface area contributed by atoms with Gasteiger partial charge in [-0.2, -0.15) is 0 Å². The molecule has 2 fully saturated rings. The van der Waals surface area contributed by atoms with E-state index in [2.05, 4.69) is 26.1 Å². The fourth-order valence-corrected chi connectivity index (χ4v) is 3.89. The van der Waals surface area contributed by atoms with Gasteiger partial charge in [0.1, 0.15) is 0 Å². The van der Waals surface area contributed by atoms with Gasteiger partial charge in [0.05, 0.1) is 12.2 Å². The molecule has 1 N–H and O–H groups in total. The van der Waals surface area contributed by atoms with Crippen LogP contribution in [-0.2, 0) is 9.47 Å². The van der Waals surface area contributed by atoms with Crippen molar-refractivity contribution in [3.63, 3.8) is 0 Å². The minimum absolute atomic E-state index is 0.0169. The minimum atomic E-state index is 0.0169. The van der Waals surface area contributed by atoms with Crippen LogP contribution in [0.5, 0.6) is 0 Å². The topological polar surface area (TPSA) is 30.5 Å². The van der Waals surface area contributed by atoms with Crippen molar-refractivity contribution >= 4 is 0 Å². The first kappa shape index (κ1) is 16.3. The van der Waals surface area contributed by atoms with E-state index >= 15 is 0 Å². The smallest absolute Gasteiger partial charge is 0.0834 e. The Morgan fingerprint density at radius 2 is 1.95 bits per heavy atom. The number of ether oxygens (including phenoxy) is 2. The zero-order valence-corrected chi connectivity index (χ0v) is 13.8. The Morgan fingerprint density at radius 3 is 2.45 bits per heavy atom. The molecule has 0 aromatic rings. The second kappa shape index (κ2) is 6.76. The molecule has 2 unspecified atom stereocenters. The molecule has 0 spiro atoms. The van der Waals surface area contributed by atoms with E-state index in [9.17, 15) is 0 Å². The Balaban J connectivity index is 2.11. The summed E-state index contributed by atoms with van der Waals surface area (Å²) < 4.78 is 11.8. The third kappa shape index (κ3) is 3.55. The first-order chi connectivity index (χ1) is 9.53. The molecule has 2 atom stereocenters. The molecular weight excluding hydrogens is 250 g/mol. The molecule has 0 aromatic carbocycles. The van der Waals surface area contributed by atoms with Gasteiger partial charge in [0.15, 0.2) is 0 Å². The van der Waals surface area contributed by atoms with Crippen molar-refractivity contribution < 1.29 is 9.47 Å². The second-order valence-corrected chi connectivity index (χ2v) is 7.49. The van der Waals surface area contributed by atoms with E-state index in [1.54, 1.807) is 0 Å². The van der Waals surface area contributed by atoms with Crippen LogP contribution in [0.3, 0.4) is 0 Å². The van der Waals surface area contributed by atoms with Gasteiger partial charge in [0, 0.05) is 25.7 Å². The van der Waals surface area contributed by atoms with Crippen molar-refractivity contribution in [2.75, 3.05) is 26.9 Å². The lowest BCUT2D eigenvalue weighted by molar-refractivity contribution is -0.0989. The SMILES string of the molecule is CCCNC(C1CCOC1)C1(OC)CCC(C)(C)CC1. The molecule has 3 nitrogen and oxygen atoms in total. The summed E-state index contributed by atoms with van der Waals surface area (Å²) in [5, 5.41) is 3.80. The zero-order chi connectivity index (χ0) is 14.6. The van der Waals surface area contributed by atoms with E-state index in [0.717, 1.165) is 19.8 Å². The summed E-state index contributed by atoms with van der Waals surface area (Å²) in [6.07, 6.45) is 7.23. The van der Waals surface area contributed by atoms with Crippen molar-refractivity contribution in [1.82, 2.24) is 5.32 Å². The summed E-state index contributed by atoms with van der Waals surface area (Å²) in [4.78, 5) is 0. The van der Waals surface area contributed by atoms with Crippen molar-refractivity contribution in [2.24, 2.45) is 11.3 Å². The van der Waals surface area contributed by atoms with Crippen molar-refractivity contribution in [1.29, 1.82) is 0 Å². The van der Waals surface area contributed by atoms with Crippen LogP contribution in [0.2, 0.25) is 0 Å². The van der Waals surface area contributed by atoms with Gasteiger partial charge < -0.3 is 14.8 Å². The lowest BCUT2D eigenvalue weighted by Gasteiger charge is -2.49. The highest BCUT2D eigenvalue weighted by atomic mass is 16.5. The Hall–Kier alpha value is -0.120. The summed E-state index contributed by atoms with van der Waals surface area (Å²) in [6.45, 7) is 9.91. The van der Waals surface area contributed by atoms with Crippen LogP contribution in [-0.4, -0.2) is 38.5 Å². The molecule has 1 aliphatic heterocycles. The van der Waals surface area contributed by atoms with Gasteiger partial charge >= 0.3 is 0 Å². The Morgan fingerprint density at radius 1 is 1.25 bits per heavy atom. The van der Waals surface area contributed by atoms with Crippen LogP contribution in [0.4, 0.5) is 0 Å². The molecular formula is C17H33NO2. The molecule has 20 heavy (non-hydrogen) atoms. The monoisotopic (exact) mass is 283 g/mol. The molecule has 0 radical (unpaired) electrons. The largest absolute Gasteiger partial charge is 0.381 e. The number of methoxy groups -OCH3 is 1. The molecule has 3 heteroatoms. The van der Waals surface area contributed by atoms with Gasteiger partial charge in [-0.25, -0.2) is 0 Å². The second-order valence-electron chi connectivity index (χ2n) is 7.49. The normalized spacial score (nSPS) is 30.3. The van der Waals surface area contributed by atoms with Gasteiger partial charge in [-0.1, -0.05) is 20.8 Å². The maximum Gasteiger partial charge on any atom is 0.0834 e. The highest BCUT2D eigenvalue weighted by molar-refractivity contribution is 5.02. The van der Waals surface area contributed by atoms with E-state index in [1.165, 1.54) is 38.5 Å². The fraction of sp³-hybridized carbons (Fsp3) is 1.00. The predicted octanol–water partition coefficient (Wildman–Crippen LogP) is 3.38. The van der Waals surface area contributed by atoms with Gasteiger partial charge in [0.2, 0.25) is 0 Å². The summed E-state index contributed by atoms with van der Waals surface area (Å²) in [5.41, 5.74) is 0.493. The third-order valence-corrected chi connectivity index (χ3v) is 5.47. The fourth-order valence-electron chi connectivity index (χ4n) is 3.89. The van der Waals surface area contributed by atoms with Crippen molar-refractivity contribution in [3.8, 4) is 0 Å². The van der Waals surface area contributed by atoms with Crippen LogP contribution in [0, 0.1) is 11.3 Å². The molecule has 1 heterocycles. The van der Waals surface area contributed by atoms with Gasteiger partial charge in [-0.15, -0.1) is 0 Å². The van der Waals surface area contributed by atoms with E-state index in [-0.39, 0.29) is 5.60 Å². The van der Waals surface area contributed by atoms with E-state index < -0.39 is 0 Å². The first-order valence-corrected chi connectivity index (χ1v) is 8.39. The van der Waals surface area contributed by atoms with Gasteiger partial charge in [-0.3, -0.25) is 0 Å². The molecule has 1 aliphatic carbocycles. The number of hydrogen-bond donors (Lipinski definition) is 1. The number of nitrogens with one attached hydrogen (secondary N) is 1. The zero-order valence-electron chi connectivity index (χ0n) is 13.8. The molecule has 1 saturated heterocycles. The standard InChI is InChI=1S/C17H33NO2/c1-5-11-18-15(14-6-12-20-13-14)17(19-4)9-7-16(2,3)8-10-17/h14-15,18H,5-13H2,1-4H3. The molecule has 0 bridgehead atoms. The lowest BCUT2D eigenvalue weighted by atomic mass is 9.66. The van der Waals surface area contributed by atoms with Crippen molar-refractivity contribution in [2.45, 2.75) is 70.9 Å². The molecule has 2 aliphatic rings. The molecule has 1 saturated carbocycles. The number of rotatable bonds is 6. The summed E-state index contributed by atoms with van der Waals surface area (Å²) in [6, 6.07) is 0.450. The lowest BCUT2D eigenvalue weighted by Crippen LogP contribution is -2.58. The average Bonchev–Trinajstić information content (AvgIpc) is 2.95. The van der Waals surface area contributed by atoms with E-state index in [4.69, 9.17) is 9.47 Å². The van der Waals surface area contributed by atoms with Gasteiger partial charge in [0.25, 0.3) is 0 Å². The van der Waals surface area contributed by atoms with Crippen LogP contribution < -0.4 is 5.32 Å². The van der Waals surface area contributed by atoms with Crippen LogP contribution in [0.15, 0.2) is 0 Å². The van der Waals surface area contributed by atoms with Gasteiger partial charge in [-0.05, 0) is 50.5 Å². The highest BCUT2D eigenvalue weighted by Crippen LogP contribution is 2.45. The summed E-state index contributed by atoms with van der Waals surface area (Å²) in [5.74, 6) is 0.614. The van der Waals surface area contributed by atoms with Crippen molar-refractivity contribution in [3.05, 3.63) is 0 Å². The molecule has 118 valence electrons. The highest BCUT2D eigenvalue weighted by Gasteiger charge is 2.47. The maximum atomic E-state index is 6.13. The molecule has 2 rings (SSSR count). The Labute approximate surface area is 124 Å². The van der Waals surface area contributed by atoms with E-state index in [1.807, 2.05) is 7.11 Å². The maximum absolute atomic E-state index is 6.13. The summed E-state index contributed by atoms with van der Waals surface area (Å²) in [7, 11) is 1.91. The van der Waals surface area contributed by atoms with Crippen LogP contribution in [0.25, 0.3) is 0 Å². The minimum Gasteiger partial charge on any atom is -0.381 e. The Kier molecular flexibility index (Phi) is 5.49. The van der Waals surface area contributed by atoms with Crippen LogP contribution >= 0.6 is 0 Å². The van der Waals surface area contributed by atoms with E-state index in [0.29, 0.717) is 17.4 Å². The number of hydrogen-bond acceptors (Lipinski definition) is 3. The third-order valence-electron chi connectivity index (χ3n) is 5.47. The first-order valence-electron chi connectivity index (χ1n) is 8.39. The average molecular weight is 283 g/mol. The Bertz CT molecular complexity index is 287.